The Morgan fingerprint density at radius 1 is 1.04 bits per heavy atom. The largest absolute Gasteiger partial charge is 0.336 e. The molecule has 0 atom stereocenters. The van der Waals surface area contributed by atoms with Gasteiger partial charge in [-0.25, -0.2) is 8.42 Å². The molecule has 1 aromatic heterocycles. The SMILES string of the molecule is Cc1ccc(C(=O)N2CCN(S(=O)(=O)c3ccc4[nH]c(=O)sc4c3)CC2)cc1. The molecule has 9 heteroatoms. The monoisotopic (exact) mass is 417 g/mol. The Balaban J connectivity index is 1.49. The second-order valence-electron chi connectivity index (χ2n) is 6.73. The molecule has 2 aromatic carbocycles. The van der Waals surface area contributed by atoms with Crippen molar-refractivity contribution in [3.05, 3.63) is 63.3 Å². The van der Waals surface area contributed by atoms with Crippen LogP contribution < -0.4 is 4.87 Å². The number of H-pyrrole nitrogens is 1. The molecule has 1 saturated heterocycles. The highest BCUT2D eigenvalue weighted by Crippen LogP contribution is 2.23. The van der Waals surface area contributed by atoms with Crippen molar-refractivity contribution in [2.24, 2.45) is 0 Å². The summed E-state index contributed by atoms with van der Waals surface area (Å²) in [6.07, 6.45) is 0. The van der Waals surface area contributed by atoms with Crippen LogP contribution in [0.3, 0.4) is 0 Å². The molecule has 3 aromatic rings. The molecule has 1 amide bonds. The van der Waals surface area contributed by atoms with E-state index in [2.05, 4.69) is 4.98 Å². The third kappa shape index (κ3) is 3.48. The number of aromatic nitrogens is 1. The first-order chi connectivity index (χ1) is 13.3. The number of nitrogens with one attached hydrogen (secondary N) is 1. The van der Waals surface area contributed by atoms with Gasteiger partial charge in [0.15, 0.2) is 0 Å². The average molecular weight is 418 g/mol. The van der Waals surface area contributed by atoms with Crippen LogP contribution in [0.25, 0.3) is 10.2 Å². The molecule has 1 aliphatic rings. The highest BCUT2D eigenvalue weighted by Gasteiger charge is 2.30. The Bertz CT molecular complexity index is 1190. The van der Waals surface area contributed by atoms with E-state index in [0.29, 0.717) is 28.9 Å². The topological polar surface area (TPSA) is 90.6 Å². The normalized spacial score (nSPS) is 15.8. The van der Waals surface area contributed by atoms with Crippen molar-refractivity contribution < 1.29 is 13.2 Å². The lowest BCUT2D eigenvalue weighted by molar-refractivity contribution is 0.0698. The summed E-state index contributed by atoms with van der Waals surface area (Å²) in [7, 11) is -3.68. The molecule has 7 nitrogen and oxygen atoms in total. The van der Waals surface area contributed by atoms with Crippen LogP contribution in [0.5, 0.6) is 0 Å². The molecule has 0 saturated carbocycles. The minimum atomic E-state index is -3.68. The van der Waals surface area contributed by atoms with Gasteiger partial charge in [0.2, 0.25) is 10.0 Å². The first kappa shape index (κ1) is 18.9. The fourth-order valence-electron chi connectivity index (χ4n) is 3.25. The van der Waals surface area contributed by atoms with Gasteiger partial charge in [-0.15, -0.1) is 0 Å². The predicted molar refractivity (Wildman–Crippen MR) is 108 cm³/mol. The maximum Gasteiger partial charge on any atom is 0.305 e. The number of carbonyl (C=O) groups is 1. The van der Waals surface area contributed by atoms with Crippen molar-refractivity contribution in [2.45, 2.75) is 11.8 Å². The van der Waals surface area contributed by atoms with E-state index in [0.717, 1.165) is 16.9 Å². The highest BCUT2D eigenvalue weighted by atomic mass is 32.2. The Hall–Kier alpha value is -2.49. The van der Waals surface area contributed by atoms with E-state index in [1.165, 1.54) is 16.4 Å². The third-order valence-electron chi connectivity index (χ3n) is 4.85. The Kier molecular flexibility index (Phi) is 4.82. The molecule has 146 valence electrons. The minimum Gasteiger partial charge on any atom is -0.336 e. The Labute approximate surface area is 166 Å². The average Bonchev–Trinajstić information content (AvgIpc) is 3.07. The van der Waals surface area contributed by atoms with Crippen molar-refractivity contribution in [3.8, 4) is 0 Å². The number of carbonyl (C=O) groups excluding carboxylic acids is 1. The van der Waals surface area contributed by atoms with Crippen LogP contribution in [-0.4, -0.2) is 54.7 Å². The number of aryl methyl sites for hydroxylation is 1. The maximum atomic E-state index is 13.0. The van der Waals surface area contributed by atoms with Crippen molar-refractivity contribution in [2.75, 3.05) is 26.2 Å². The number of aromatic amines is 1. The lowest BCUT2D eigenvalue weighted by Crippen LogP contribution is -2.50. The minimum absolute atomic E-state index is 0.0874. The quantitative estimate of drug-likeness (QED) is 0.706. The van der Waals surface area contributed by atoms with E-state index < -0.39 is 10.0 Å². The number of hydrogen-bond acceptors (Lipinski definition) is 5. The second kappa shape index (κ2) is 7.16. The van der Waals surface area contributed by atoms with Crippen LogP contribution in [0, 0.1) is 6.92 Å². The van der Waals surface area contributed by atoms with Crippen LogP contribution in [0.4, 0.5) is 0 Å². The fourth-order valence-corrected chi connectivity index (χ4v) is 5.54. The molecule has 1 aliphatic heterocycles. The van der Waals surface area contributed by atoms with Gasteiger partial charge in [0.05, 0.1) is 15.1 Å². The van der Waals surface area contributed by atoms with Crippen LogP contribution in [0.2, 0.25) is 0 Å². The van der Waals surface area contributed by atoms with Gasteiger partial charge in [0.25, 0.3) is 5.91 Å². The van der Waals surface area contributed by atoms with Crippen molar-refractivity contribution in [3.63, 3.8) is 0 Å². The summed E-state index contributed by atoms with van der Waals surface area (Å²) in [5.41, 5.74) is 2.31. The van der Waals surface area contributed by atoms with Gasteiger partial charge in [-0.3, -0.25) is 9.59 Å². The summed E-state index contributed by atoms with van der Waals surface area (Å²) in [5.74, 6) is -0.0874. The van der Waals surface area contributed by atoms with Crippen molar-refractivity contribution in [1.82, 2.24) is 14.2 Å². The summed E-state index contributed by atoms with van der Waals surface area (Å²) in [6.45, 7) is 3.11. The lowest BCUT2D eigenvalue weighted by atomic mass is 10.1. The summed E-state index contributed by atoms with van der Waals surface area (Å²) < 4.78 is 27.9. The van der Waals surface area contributed by atoms with Gasteiger partial charge >= 0.3 is 4.87 Å². The van der Waals surface area contributed by atoms with Gasteiger partial charge in [0.1, 0.15) is 0 Å². The van der Waals surface area contributed by atoms with E-state index in [-0.39, 0.29) is 28.8 Å². The van der Waals surface area contributed by atoms with E-state index in [9.17, 15) is 18.0 Å². The zero-order valence-electron chi connectivity index (χ0n) is 15.2. The summed E-state index contributed by atoms with van der Waals surface area (Å²) >= 11 is 0.985. The standard InChI is InChI=1S/C19H19N3O4S2/c1-13-2-4-14(5-3-13)18(23)21-8-10-22(11-9-21)28(25,26)15-6-7-16-17(12-15)27-19(24)20-16/h2-7,12H,8-11H2,1H3,(H,20,24). The van der Waals surface area contributed by atoms with Gasteiger partial charge < -0.3 is 9.88 Å². The molecular formula is C19H19N3O4S2. The van der Waals surface area contributed by atoms with Crippen LogP contribution >= 0.6 is 11.3 Å². The number of benzene rings is 2. The van der Waals surface area contributed by atoms with Gasteiger partial charge in [0, 0.05) is 31.7 Å². The molecule has 0 aliphatic carbocycles. The van der Waals surface area contributed by atoms with E-state index in [4.69, 9.17) is 0 Å². The number of sulfonamides is 1. The van der Waals surface area contributed by atoms with Gasteiger partial charge in [-0.1, -0.05) is 29.0 Å². The number of hydrogen-bond donors (Lipinski definition) is 1. The molecular weight excluding hydrogens is 398 g/mol. The fraction of sp³-hybridized carbons (Fsp3) is 0.263. The summed E-state index contributed by atoms with van der Waals surface area (Å²) in [5, 5.41) is 0. The molecule has 0 unspecified atom stereocenters. The van der Waals surface area contributed by atoms with E-state index in [1.54, 1.807) is 23.1 Å². The molecule has 1 N–H and O–H groups in total. The number of amides is 1. The number of thiazole rings is 1. The second-order valence-corrected chi connectivity index (χ2v) is 9.69. The number of fused-ring (bicyclic) bond motifs is 1. The van der Waals surface area contributed by atoms with Gasteiger partial charge in [-0.05, 0) is 37.3 Å². The molecule has 0 bridgehead atoms. The predicted octanol–water partition coefficient (Wildman–Crippen LogP) is 2.04. The summed E-state index contributed by atoms with van der Waals surface area (Å²) in [6, 6.07) is 12.0. The molecule has 1 fully saturated rings. The number of rotatable bonds is 3. The van der Waals surface area contributed by atoms with Crippen LogP contribution in [0.15, 0.2) is 52.2 Å². The number of piperazine rings is 1. The summed E-state index contributed by atoms with van der Waals surface area (Å²) in [4.78, 5) is 28.4. The maximum absolute atomic E-state index is 13.0. The van der Waals surface area contributed by atoms with E-state index in [1.807, 2.05) is 19.1 Å². The first-order valence-electron chi connectivity index (χ1n) is 8.83. The molecule has 28 heavy (non-hydrogen) atoms. The van der Waals surface area contributed by atoms with E-state index >= 15 is 0 Å². The van der Waals surface area contributed by atoms with Crippen molar-refractivity contribution >= 4 is 37.5 Å². The van der Waals surface area contributed by atoms with Crippen LogP contribution in [-0.2, 0) is 10.0 Å². The number of nitrogens with zero attached hydrogens (tertiary/aromatic N) is 2. The highest BCUT2D eigenvalue weighted by molar-refractivity contribution is 7.89. The lowest BCUT2D eigenvalue weighted by Gasteiger charge is -2.34. The Morgan fingerprint density at radius 3 is 2.39 bits per heavy atom. The third-order valence-corrected chi connectivity index (χ3v) is 7.59. The molecule has 2 heterocycles. The molecule has 0 spiro atoms. The van der Waals surface area contributed by atoms with Crippen LogP contribution in [0.1, 0.15) is 15.9 Å². The van der Waals surface area contributed by atoms with Crippen molar-refractivity contribution in [1.29, 1.82) is 0 Å². The zero-order valence-corrected chi connectivity index (χ0v) is 16.8. The molecule has 0 radical (unpaired) electrons. The Morgan fingerprint density at radius 2 is 1.71 bits per heavy atom. The molecule has 4 rings (SSSR count). The smallest absolute Gasteiger partial charge is 0.305 e. The zero-order chi connectivity index (χ0) is 19.9. The first-order valence-corrected chi connectivity index (χ1v) is 11.1. The van der Waals surface area contributed by atoms with Gasteiger partial charge in [-0.2, -0.15) is 4.31 Å².